The summed E-state index contributed by atoms with van der Waals surface area (Å²) >= 11 is 13.9. The number of hydrogen-bond donors (Lipinski definition) is 1. The van der Waals surface area contributed by atoms with Crippen molar-refractivity contribution < 1.29 is 13.9 Å². The van der Waals surface area contributed by atoms with E-state index < -0.39 is 0 Å². The number of carbonyl (C=O) groups excluding carboxylic acids is 1. The molecule has 0 saturated carbocycles. The molecule has 8 heteroatoms. The molecule has 0 radical (unpaired) electrons. The van der Waals surface area contributed by atoms with Crippen LogP contribution in [0.3, 0.4) is 0 Å². The number of rotatable bonds is 5. The number of halogens is 2. The van der Waals surface area contributed by atoms with Gasteiger partial charge in [0.15, 0.2) is 5.13 Å². The first-order valence-corrected chi connectivity index (χ1v) is 11.4. The van der Waals surface area contributed by atoms with E-state index >= 15 is 0 Å². The van der Waals surface area contributed by atoms with Gasteiger partial charge in [-0.3, -0.25) is 10.1 Å². The molecule has 32 heavy (non-hydrogen) atoms. The number of allylic oxidation sites excluding steroid dienone is 1. The predicted molar refractivity (Wildman–Crippen MR) is 132 cm³/mol. The molecule has 4 rings (SSSR count). The SMILES string of the molecule is COc1c(/C(C)=C/C(=O)Nc2nc(C)cs2)cc2c(-c3ccc(Cl)cc3Cl)coc2c1C. The molecule has 0 aliphatic heterocycles. The van der Waals surface area contributed by atoms with Gasteiger partial charge < -0.3 is 9.15 Å². The lowest BCUT2D eigenvalue weighted by Crippen LogP contribution is -2.08. The topological polar surface area (TPSA) is 64.4 Å². The highest BCUT2D eigenvalue weighted by atomic mass is 35.5. The average Bonchev–Trinajstić information content (AvgIpc) is 3.34. The number of anilines is 1. The summed E-state index contributed by atoms with van der Waals surface area (Å²) in [5.41, 5.74) is 5.57. The van der Waals surface area contributed by atoms with Crippen LogP contribution in [-0.2, 0) is 4.79 Å². The van der Waals surface area contributed by atoms with E-state index in [4.69, 9.17) is 32.4 Å². The van der Waals surface area contributed by atoms with Crippen molar-refractivity contribution in [1.29, 1.82) is 0 Å². The maximum absolute atomic E-state index is 12.6. The van der Waals surface area contributed by atoms with Crippen molar-refractivity contribution >= 4 is 62.1 Å². The number of ether oxygens (including phenoxy) is 1. The molecule has 5 nitrogen and oxygen atoms in total. The highest BCUT2D eigenvalue weighted by Crippen LogP contribution is 2.42. The number of nitrogens with one attached hydrogen (secondary N) is 1. The monoisotopic (exact) mass is 486 g/mol. The van der Waals surface area contributed by atoms with Crippen molar-refractivity contribution in [3.8, 4) is 16.9 Å². The fourth-order valence-electron chi connectivity index (χ4n) is 3.62. The third-order valence-corrected chi connectivity index (χ3v) is 6.51. The van der Waals surface area contributed by atoms with E-state index in [0.29, 0.717) is 26.5 Å². The summed E-state index contributed by atoms with van der Waals surface area (Å²) in [6.45, 7) is 5.67. The standard InChI is InChI=1S/C24H20Cl2N2O3S/c1-12(7-21(29)28-24-27-13(2)11-32-24)17-9-18-19(16-6-5-15(25)8-20(16)26)10-31-23(18)14(3)22(17)30-4/h5-11H,1-4H3,(H,27,28,29)/b12-7+. The van der Waals surface area contributed by atoms with E-state index in [-0.39, 0.29) is 5.91 Å². The van der Waals surface area contributed by atoms with Gasteiger partial charge in [-0.05, 0) is 44.5 Å². The van der Waals surface area contributed by atoms with E-state index in [2.05, 4.69) is 10.3 Å². The second-order valence-electron chi connectivity index (χ2n) is 7.34. The second kappa shape index (κ2) is 8.98. The average molecular weight is 487 g/mol. The molecule has 2 aromatic carbocycles. The predicted octanol–water partition coefficient (Wildman–Crippen LogP) is 7.53. The number of hydrogen-bond acceptors (Lipinski definition) is 5. The minimum absolute atomic E-state index is 0.259. The normalized spacial score (nSPS) is 11.8. The van der Waals surface area contributed by atoms with Crippen molar-refractivity contribution in [2.24, 2.45) is 0 Å². The first kappa shape index (κ1) is 22.4. The van der Waals surface area contributed by atoms with Crippen LogP contribution >= 0.6 is 34.5 Å². The van der Waals surface area contributed by atoms with Crippen LogP contribution in [-0.4, -0.2) is 18.0 Å². The molecular formula is C24H20Cl2N2O3S. The van der Waals surface area contributed by atoms with Gasteiger partial charge in [-0.2, -0.15) is 0 Å². The van der Waals surface area contributed by atoms with Gasteiger partial charge in [0.2, 0.25) is 5.91 Å². The van der Waals surface area contributed by atoms with Crippen LogP contribution in [0.25, 0.3) is 27.7 Å². The largest absolute Gasteiger partial charge is 0.496 e. The number of carbonyl (C=O) groups is 1. The fraction of sp³-hybridized carbons (Fsp3) is 0.167. The lowest BCUT2D eigenvalue weighted by molar-refractivity contribution is -0.111. The Morgan fingerprint density at radius 1 is 1.22 bits per heavy atom. The van der Waals surface area contributed by atoms with Gasteiger partial charge in [-0.1, -0.05) is 29.3 Å². The summed E-state index contributed by atoms with van der Waals surface area (Å²) in [6.07, 6.45) is 3.21. The molecule has 0 spiro atoms. The molecule has 1 amide bonds. The Balaban J connectivity index is 1.80. The minimum atomic E-state index is -0.259. The molecule has 1 N–H and O–H groups in total. The Morgan fingerprint density at radius 2 is 2.00 bits per heavy atom. The van der Waals surface area contributed by atoms with Crippen LogP contribution in [0.15, 0.2) is 46.4 Å². The van der Waals surface area contributed by atoms with E-state index in [0.717, 1.165) is 38.9 Å². The number of aryl methyl sites for hydroxylation is 2. The van der Waals surface area contributed by atoms with Gasteiger partial charge in [-0.15, -0.1) is 11.3 Å². The summed E-state index contributed by atoms with van der Waals surface area (Å²) in [4.78, 5) is 16.8. The molecule has 0 aliphatic rings. The third-order valence-electron chi connectivity index (χ3n) is 5.09. The number of amides is 1. The van der Waals surface area contributed by atoms with Gasteiger partial charge in [0.1, 0.15) is 11.3 Å². The highest BCUT2D eigenvalue weighted by molar-refractivity contribution is 7.13. The van der Waals surface area contributed by atoms with E-state index in [9.17, 15) is 4.79 Å². The Morgan fingerprint density at radius 3 is 2.66 bits per heavy atom. The van der Waals surface area contributed by atoms with Crippen LogP contribution in [0.4, 0.5) is 5.13 Å². The first-order chi connectivity index (χ1) is 15.3. The van der Waals surface area contributed by atoms with Gasteiger partial charge in [-0.25, -0.2) is 4.98 Å². The van der Waals surface area contributed by atoms with Crippen LogP contribution in [0.1, 0.15) is 23.7 Å². The number of furan rings is 1. The van der Waals surface area contributed by atoms with Crippen LogP contribution in [0.2, 0.25) is 10.0 Å². The number of benzene rings is 2. The van der Waals surface area contributed by atoms with Crippen molar-refractivity contribution in [2.45, 2.75) is 20.8 Å². The second-order valence-corrected chi connectivity index (χ2v) is 9.04. The number of methoxy groups -OCH3 is 1. The lowest BCUT2D eigenvalue weighted by atomic mass is 9.96. The van der Waals surface area contributed by atoms with Crippen molar-refractivity contribution in [1.82, 2.24) is 4.98 Å². The van der Waals surface area contributed by atoms with Crippen LogP contribution in [0.5, 0.6) is 5.75 Å². The van der Waals surface area contributed by atoms with Crippen molar-refractivity contribution in [3.63, 3.8) is 0 Å². The van der Waals surface area contributed by atoms with Crippen LogP contribution < -0.4 is 10.1 Å². The minimum Gasteiger partial charge on any atom is -0.496 e. The van der Waals surface area contributed by atoms with Gasteiger partial charge in [0, 0.05) is 44.1 Å². The molecule has 4 aromatic rings. The third kappa shape index (κ3) is 4.26. The smallest absolute Gasteiger partial charge is 0.250 e. The lowest BCUT2D eigenvalue weighted by Gasteiger charge is -2.13. The zero-order valence-electron chi connectivity index (χ0n) is 17.9. The molecule has 0 bridgehead atoms. The van der Waals surface area contributed by atoms with Crippen molar-refractivity contribution in [3.05, 3.63) is 68.9 Å². The first-order valence-electron chi connectivity index (χ1n) is 9.74. The van der Waals surface area contributed by atoms with Crippen molar-refractivity contribution in [2.75, 3.05) is 12.4 Å². The summed E-state index contributed by atoms with van der Waals surface area (Å²) in [5, 5.41) is 7.20. The maximum atomic E-state index is 12.6. The number of fused-ring (bicyclic) bond motifs is 1. The number of aromatic nitrogens is 1. The Kier molecular flexibility index (Phi) is 6.29. The molecule has 164 valence electrons. The van der Waals surface area contributed by atoms with Crippen LogP contribution in [0, 0.1) is 13.8 Å². The quantitative estimate of drug-likeness (QED) is 0.296. The Bertz CT molecular complexity index is 1370. The Labute approximate surface area is 199 Å². The molecular weight excluding hydrogens is 467 g/mol. The number of thiazole rings is 1. The van der Waals surface area contributed by atoms with E-state index in [1.54, 1.807) is 25.5 Å². The maximum Gasteiger partial charge on any atom is 0.250 e. The molecule has 0 fully saturated rings. The Hall–Kier alpha value is -2.80. The van der Waals surface area contributed by atoms with E-state index in [1.807, 2.05) is 38.3 Å². The van der Waals surface area contributed by atoms with Gasteiger partial charge in [0.05, 0.1) is 24.1 Å². The highest BCUT2D eigenvalue weighted by Gasteiger charge is 2.20. The summed E-state index contributed by atoms with van der Waals surface area (Å²) in [6, 6.07) is 7.30. The molecule has 2 heterocycles. The molecule has 0 saturated heterocycles. The molecule has 0 atom stereocenters. The zero-order chi connectivity index (χ0) is 23.0. The fourth-order valence-corrected chi connectivity index (χ4v) is 4.82. The molecule has 0 aliphatic carbocycles. The molecule has 0 unspecified atom stereocenters. The van der Waals surface area contributed by atoms with Gasteiger partial charge in [0.25, 0.3) is 0 Å². The summed E-state index contributed by atoms with van der Waals surface area (Å²) in [7, 11) is 1.60. The number of nitrogens with zero attached hydrogens (tertiary/aromatic N) is 1. The summed E-state index contributed by atoms with van der Waals surface area (Å²) in [5.74, 6) is 0.386. The zero-order valence-corrected chi connectivity index (χ0v) is 20.2. The van der Waals surface area contributed by atoms with Gasteiger partial charge >= 0.3 is 0 Å². The van der Waals surface area contributed by atoms with E-state index in [1.165, 1.54) is 17.4 Å². The molecule has 2 aromatic heterocycles. The summed E-state index contributed by atoms with van der Waals surface area (Å²) < 4.78 is 11.6.